The molecule has 2 aromatic rings. The molecule has 3 rings (SSSR count). The molecule has 1 aliphatic rings. The van der Waals surface area contributed by atoms with Crippen LogP contribution in [0.3, 0.4) is 0 Å². The Labute approximate surface area is 193 Å². The second-order valence-electron chi connectivity index (χ2n) is 8.15. The van der Waals surface area contributed by atoms with E-state index in [2.05, 4.69) is 10.6 Å². The molecule has 0 bridgehead atoms. The summed E-state index contributed by atoms with van der Waals surface area (Å²) in [6.07, 6.45) is 1.85. The minimum Gasteiger partial charge on any atom is -0.335 e. The summed E-state index contributed by atoms with van der Waals surface area (Å²) < 4.78 is 0. The van der Waals surface area contributed by atoms with E-state index >= 15 is 0 Å². The van der Waals surface area contributed by atoms with Crippen LogP contribution in [-0.2, 0) is 26.3 Å². The molecule has 2 N–H and O–H groups in total. The van der Waals surface area contributed by atoms with E-state index in [1.54, 1.807) is 12.1 Å². The monoisotopic (exact) mass is 450 g/mol. The number of carbonyl (C=O) groups excluding carboxylic acids is 4. The lowest BCUT2D eigenvalue weighted by Gasteiger charge is -2.27. The smallest absolute Gasteiger partial charge is 0.325 e. The Bertz CT molecular complexity index is 1040. The van der Waals surface area contributed by atoms with Crippen molar-refractivity contribution >= 4 is 29.4 Å². The highest BCUT2D eigenvalue weighted by atomic mass is 16.2. The Morgan fingerprint density at radius 2 is 1.70 bits per heavy atom. The van der Waals surface area contributed by atoms with E-state index in [9.17, 15) is 19.2 Å². The van der Waals surface area contributed by atoms with Crippen molar-refractivity contribution in [1.82, 2.24) is 15.1 Å². The standard InChI is InChI=1S/C25H30N4O4/c1-4-15-25(19-12-7-6-8-13-19)23(32)29(24(33)27-25)17-22(31)28(3)16-21(30)26-20-14-10-9-11-18(20)5-2/h6-14H,4-5,15-17H2,1-3H3,(H,26,30)(H,27,33)/t25-/m1/s1. The summed E-state index contributed by atoms with van der Waals surface area (Å²) >= 11 is 0. The Hall–Kier alpha value is -3.68. The second-order valence-corrected chi connectivity index (χ2v) is 8.15. The van der Waals surface area contributed by atoms with Crippen molar-refractivity contribution in [2.45, 2.75) is 38.6 Å². The first-order valence-corrected chi connectivity index (χ1v) is 11.1. The number of nitrogens with zero attached hydrogens (tertiary/aromatic N) is 2. The predicted octanol–water partition coefficient (Wildman–Crippen LogP) is 2.89. The lowest BCUT2D eigenvalue weighted by atomic mass is 9.85. The number of anilines is 1. The van der Waals surface area contributed by atoms with Crippen LogP contribution in [0.25, 0.3) is 0 Å². The van der Waals surface area contributed by atoms with E-state index in [4.69, 9.17) is 0 Å². The van der Waals surface area contributed by atoms with Gasteiger partial charge in [0.25, 0.3) is 5.91 Å². The molecule has 1 heterocycles. The van der Waals surface area contributed by atoms with Gasteiger partial charge in [0.15, 0.2) is 0 Å². The first-order valence-electron chi connectivity index (χ1n) is 11.1. The third kappa shape index (κ3) is 5.05. The average molecular weight is 451 g/mol. The van der Waals surface area contributed by atoms with Gasteiger partial charge in [0.2, 0.25) is 11.8 Å². The zero-order chi connectivity index (χ0) is 24.0. The van der Waals surface area contributed by atoms with Crippen LogP contribution in [0.2, 0.25) is 0 Å². The van der Waals surface area contributed by atoms with Gasteiger partial charge in [-0.05, 0) is 30.0 Å². The highest BCUT2D eigenvalue weighted by molar-refractivity contribution is 6.09. The Morgan fingerprint density at radius 1 is 1.03 bits per heavy atom. The summed E-state index contributed by atoms with van der Waals surface area (Å²) in [5.74, 6) is -1.31. The predicted molar refractivity (Wildman–Crippen MR) is 125 cm³/mol. The third-order valence-corrected chi connectivity index (χ3v) is 5.84. The SMILES string of the molecule is CCC[C@]1(c2ccccc2)NC(=O)N(CC(=O)N(C)CC(=O)Nc2ccccc2CC)C1=O. The molecule has 1 fully saturated rings. The van der Waals surface area contributed by atoms with E-state index in [1.807, 2.05) is 56.3 Å². The maximum Gasteiger partial charge on any atom is 0.325 e. The molecule has 0 aliphatic carbocycles. The number of carbonyl (C=O) groups is 4. The van der Waals surface area contributed by atoms with Gasteiger partial charge in [-0.3, -0.25) is 19.3 Å². The summed E-state index contributed by atoms with van der Waals surface area (Å²) in [4.78, 5) is 53.4. The number of para-hydroxylation sites is 1. The molecule has 0 radical (unpaired) electrons. The lowest BCUT2D eigenvalue weighted by molar-refractivity contribution is -0.139. The van der Waals surface area contributed by atoms with Crippen LogP contribution in [0.5, 0.6) is 0 Å². The molecule has 33 heavy (non-hydrogen) atoms. The first kappa shape index (κ1) is 24.0. The number of imide groups is 1. The number of nitrogens with one attached hydrogen (secondary N) is 2. The maximum absolute atomic E-state index is 13.3. The number of rotatable bonds is 9. The number of likely N-dealkylation sites (N-methyl/N-ethyl adjacent to an activating group) is 1. The van der Waals surface area contributed by atoms with Crippen molar-refractivity contribution in [3.63, 3.8) is 0 Å². The zero-order valence-corrected chi connectivity index (χ0v) is 19.3. The molecule has 1 saturated heterocycles. The summed E-state index contributed by atoms with van der Waals surface area (Å²) in [5.41, 5.74) is 1.19. The van der Waals surface area contributed by atoms with Gasteiger partial charge >= 0.3 is 6.03 Å². The quantitative estimate of drug-likeness (QED) is 0.574. The topological polar surface area (TPSA) is 98.8 Å². The summed E-state index contributed by atoms with van der Waals surface area (Å²) in [7, 11) is 1.47. The molecule has 0 saturated carbocycles. The largest absolute Gasteiger partial charge is 0.335 e. The molecule has 1 atom stereocenters. The van der Waals surface area contributed by atoms with Crippen LogP contribution in [-0.4, -0.2) is 53.7 Å². The average Bonchev–Trinajstić information content (AvgIpc) is 3.05. The van der Waals surface area contributed by atoms with E-state index < -0.39 is 29.9 Å². The van der Waals surface area contributed by atoms with E-state index in [0.717, 1.165) is 16.9 Å². The molecule has 0 aromatic heterocycles. The molecule has 5 amide bonds. The summed E-state index contributed by atoms with van der Waals surface area (Å²) in [5, 5.41) is 5.62. The fraction of sp³-hybridized carbons (Fsp3) is 0.360. The second kappa shape index (κ2) is 10.3. The molecule has 8 nitrogen and oxygen atoms in total. The van der Waals surface area contributed by atoms with E-state index in [1.165, 1.54) is 11.9 Å². The van der Waals surface area contributed by atoms with Crippen molar-refractivity contribution in [1.29, 1.82) is 0 Å². The highest BCUT2D eigenvalue weighted by Crippen LogP contribution is 2.33. The number of hydrogen-bond donors (Lipinski definition) is 2. The van der Waals surface area contributed by atoms with Gasteiger partial charge < -0.3 is 15.5 Å². The van der Waals surface area contributed by atoms with Gasteiger partial charge in [-0.2, -0.15) is 0 Å². The van der Waals surface area contributed by atoms with E-state index in [0.29, 0.717) is 24.1 Å². The molecular formula is C25H30N4O4. The van der Waals surface area contributed by atoms with Crippen LogP contribution >= 0.6 is 0 Å². The Balaban J connectivity index is 1.67. The van der Waals surface area contributed by atoms with Crippen molar-refractivity contribution in [3.8, 4) is 0 Å². The van der Waals surface area contributed by atoms with Gasteiger partial charge in [-0.15, -0.1) is 0 Å². The normalized spacial score (nSPS) is 17.6. The summed E-state index contributed by atoms with van der Waals surface area (Å²) in [6, 6.07) is 15.9. The number of benzene rings is 2. The fourth-order valence-electron chi connectivity index (χ4n) is 4.08. The number of aryl methyl sites for hydroxylation is 1. The summed E-state index contributed by atoms with van der Waals surface area (Å²) in [6.45, 7) is 3.30. The molecule has 0 spiro atoms. The minimum absolute atomic E-state index is 0.195. The number of hydrogen-bond acceptors (Lipinski definition) is 4. The Morgan fingerprint density at radius 3 is 2.36 bits per heavy atom. The van der Waals surface area contributed by atoms with Crippen molar-refractivity contribution in [2.24, 2.45) is 0 Å². The zero-order valence-electron chi connectivity index (χ0n) is 19.3. The fourth-order valence-corrected chi connectivity index (χ4v) is 4.08. The number of amides is 5. The highest BCUT2D eigenvalue weighted by Gasteiger charge is 2.52. The molecule has 1 aliphatic heterocycles. The molecule has 174 valence electrons. The minimum atomic E-state index is -1.19. The molecule has 8 heteroatoms. The third-order valence-electron chi connectivity index (χ3n) is 5.84. The molecule has 0 unspecified atom stereocenters. The van der Waals surface area contributed by atoms with Crippen molar-refractivity contribution in [2.75, 3.05) is 25.5 Å². The lowest BCUT2D eigenvalue weighted by Crippen LogP contribution is -2.46. The molecule has 2 aromatic carbocycles. The number of urea groups is 1. The van der Waals surface area contributed by atoms with Crippen LogP contribution < -0.4 is 10.6 Å². The van der Waals surface area contributed by atoms with Gasteiger partial charge in [0.1, 0.15) is 12.1 Å². The van der Waals surface area contributed by atoms with E-state index in [-0.39, 0.29) is 12.5 Å². The molecular weight excluding hydrogens is 420 g/mol. The maximum atomic E-state index is 13.3. The van der Waals surface area contributed by atoms with Crippen molar-refractivity contribution in [3.05, 3.63) is 65.7 Å². The van der Waals surface area contributed by atoms with Crippen LogP contribution in [0.1, 0.15) is 37.8 Å². The first-order chi connectivity index (χ1) is 15.8. The Kier molecular flexibility index (Phi) is 7.48. The van der Waals surface area contributed by atoms with Crippen LogP contribution in [0, 0.1) is 0 Å². The van der Waals surface area contributed by atoms with Gasteiger partial charge in [0, 0.05) is 12.7 Å². The van der Waals surface area contributed by atoms with Crippen LogP contribution in [0.4, 0.5) is 10.5 Å². The van der Waals surface area contributed by atoms with Crippen molar-refractivity contribution < 1.29 is 19.2 Å². The van der Waals surface area contributed by atoms with Gasteiger partial charge in [-0.25, -0.2) is 4.79 Å². The van der Waals surface area contributed by atoms with Gasteiger partial charge in [0.05, 0.1) is 6.54 Å². The van der Waals surface area contributed by atoms with Crippen LogP contribution in [0.15, 0.2) is 54.6 Å². The van der Waals surface area contributed by atoms with Gasteiger partial charge in [-0.1, -0.05) is 68.8 Å².